The molecule has 0 aliphatic carbocycles. The molecule has 5 rings (SSSR count). The van der Waals surface area contributed by atoms with Crippen LogP contribution in [0, 0.1) is 0 Å². The van der Waals surface area contributed by atoms with Gasteiger partial charge in [-0.25, -0.2) is 5.01 Å². The molecule has 0 bridgehead atoms. The lowest BCUT2D eigenvalue weighted by Crippen LogP contribution is -2.33. The number of furan rings is 1. The van der Waals surface area contributed by atoms with Crippen LogP contribution in [0.3, 0.4) is 0 Å². The fraction of sp³-hybridized carbons (Fsp3) is 0.261. The van der Waals surface area contributed by atoms with Crippen LogP contribution >= 0.6 is 0 Å². The summed E-state index contributed by atoms with van der Waals surface area (Å²) in [5.41, 5.74) is 4.59. The molecular formula is C23H22N2O2. The quantitative estimate of drug-likeness (QED) is 0.607. The van der Waals surface area contributed by atoms with E-state index in [4.69, 9.17) is 14.3 Å². The summed E-state index contributed by atoms with van der Waals surface area (Å²) in [6.45, 7) is 4.41. The van der Waals surface area contributed by atoms with Crippen LogP contribution in [0.1, 0.15) is 60.9 Å². The van der Waals surface area contributed by atoms with Gasteiger partial charge in [-0.05, 0) is 29.7 Å². The van der Waals surface area contributed by atoms with Gasteiger partial charge in [0.25, 0.3) is 0 Å². The van der Waals surface area contributed by atoms with Crippen molar-refractivity contribution in [2.45, 2.75) is 38.5 Å². The molecule has 0 N–H and O–H groups in total. The third-order valence-electron chi connectivity index (χ3n) is 5.39. The Bertz CT molecular complexity index is 974. The predicted octanol–water partition coefficient (Wildman–Crippen LogP) is 5.65. The molecule has 27 heavy (non-hydrogen) atoms. The van der Waals surface area contributed by atoms with Gasteiger partial charge in [0.2, 0.25) is 6.23 Å². The maximum atomic E-state index is 6.39. The normalized spacial score (nSPS) is 20.9. The summed E-state index contributed by atoms with van der Waals surface area (Å²) in [6, 6.07) is 21.0. The maximum Gasteiger partial charge on any atom is 0.213 e. The van der Waals surface area contributed by atoms with E-state index in [1.807, 2.05) is 24.3 Å². The Balaban J connectivity index is 1.56. The average Bonchev–Trinajstić information content (AvgIpc) is 3.37. The van der Waals surface area contributed by atoms with Crippen molar-refractivity contribution in [3.63, 3.8) is 0 Å². The molecule has 4 nitrogen and oxygen atoms in total. The minimum atomic E-state index is -0.237. The van der Waals surface area contributed by atoms with E-state index in [1.165, 1.54) is 11.1 Å². The first-order valence-electron chi connectivity index (χ1n) is 9.46. The van der Waals surface area contributed by atoms with E-state index in [1.54, 1.807) is 6.26 Å². The minimum Gasteiger partial charge on any atom is -0.464 e. The van der Waals surface area contributed by atoms with Gasteiger partial charge in [-0.3, -0.25) is 0 Å². The standard InChI is InChI=1S/C23H22N2O2/c1-15(2)16-9-11-17(12-10-16)23-25-20(18-6-3-4-7-21(18)27-23)14-19(24-25)22-8-5-13-26-22/h3-13,15,20,23H,14H2,1-2H3/t20-,23-/m0/s1. The number of fused-ring (bicyclic) bond motifs is 3. The number of rotatable bonds is 3. The zero-order chi connectivity index (χ0) is 18.4. The van der Waals surface area contributed by atoms with E-state index in [0.29, 0.717) is 5.92 Å². The van der Waals surface area contributed by atoms with Crippen molar-refractivity contribution < 1.29 is 9.15 Å². The first-order chi connectivity index (χ1) is 13.2. The van der Waals surface area contributed by atoms with E-state index >= 15 is 0 Å². The zero-order valence-corrected chi connectivity index (χ0v) is 15.5. The summed E-state index contributed by atoms with van der Waals surface area (Å²) >= 11 is 0. The van der Waals surface area contributed by atoms with Gasteiger partial charge >= 0.3 is 0 Å². The van der Waals surface area contributed by atoms with Gasteiger partial charge in [0, 0.05) is 17.5 Å². The van der Waals surface area contributed by atoms with Crippen LogP contribution in [-0.4, -0.2) is 10.7 Å². The van der Waals surface area contributed by atoms with E-state index in [-0.39, 0.29) is 12.3 Å². The maximum absolute atomic E-state index is 6.39. The average molecular weight is 358 g/mol. The molecule has 0 unspecified atom stereocenters. The molecule has 0 radical (unpaired) electrons. The second-order valence-electron chi connectivity index (χ2n) is 7.45. The molecular weight excluding hydrogens is 336 g/mol. The summed E-state index contributed by atoms with van der Waals surface area (Å²) in [5, 5.41) is 6.99. The fourth-order valence-electron chi connectivity index (χ4n) is 3.89. The Kier molecular flexibility index (Phi) is 3.78. The van der Waals surface area contributed by atoms with Gasteiger partial charge in [0.15, 0.2) is 0 Å². The number of ether oxygens (including phenoxy) is 1. The molecule has 0 amide bonds. The largest absolute Gasteiger partial charge is 0.464 e. The van der Waals surface area contributed by atoms with Gasteiger partial charge in [-0.2, -0.15) is 5.10 Å². The van der Waals surface area contributed by atoms with Crippen LogP contribution in [0.5, 0.6) is 5.75 Å². The number of nitrogens with zero attached hydrogens (tertiary/aromatic N) is 2. The molecule has 0 spiro atoms. The molecule has 2 aromatic carbocycles. The third-order valence-corrected chi connectivity index (χ3v) is 5.39. The highest BCUT2D eigenvalue weighted by atomic mass is 16.5. The van der Waals surface area contributed by atoms with Crippen molar-refractivity contribution in [3.05, 3.63) is 89.4 Å². The summed E-state index contributed by atoms with van der Waals surface area (Å²) < 4.78 is 12.0. The van der Waals surface area contributed by atoms with Gasteiger partial charge < -0.3 is 9.15 Å². The Morgan fingerprint density at radius 1 is 1.00 bits per heavy atom. The lowest BCUT2D eigenvalue weighted by molar-refractivity contribution is -0.0190. The highest BCUT2D eigenvalue weighted by Gasteiger charge is 2.41. The molecule has 136 valence electrons. The van der Waals surface area contributed by atoms with E-state index < -0.39 is 0 Å². The summed E-state index contributed by atoms with van der Waals surface area (Å²) in [7, 11) is 0. The first kappa shape index (κ1) is 16.2. The van der Waals surface area contributed by atoms with Crippen molar-refractivity contribution in [2.24, 2.45) is 5.10 Å². The highest BCUT2D eigenvalue weighted by molar-refractivity contribution is 5.99. The van der Waals surface area contributed by atoms with Gasteiger partial charge in [-0.15, -0.1) is 0 Å². The number of para-hydroxylation sites is 1. The molecule has 2 aliphatic heterocycles. The minimum absolute atomic E-state index is 0.157. The van der Waals surface area contributed by atoms with Crippen LogP contribution in [0.25, 0.3) is 0 Å². The first-order valence-corrected chi connectivity index (χ1v) is 9.46. The summed E-state index contributed by atoms with van der Waals surface area (Å²) in [5.74, 6) is 2.28. The summed E-state index contributed by atoms with van der Waals surface area (Å²) in [4.78, 5) is 0. The fourth-order valence-corrected chi connectivity index (χ4v) is 3.89. The smallest absolute Gasteiger partial charge is 0.213 e. The van der Waals surface area contributed by atoms with Crippen LogP contribution in [0.2, 0.25) is 0 Å². The number of hydrogen-bond donors (Lipinski definition) is 0. The molecule has 0 saturated carbocycles. The summed E-state index contributed by atoms with van der Waals surface area (Å²) in [6.07, 6.45) is 2.27. The van der Waals surface area contributed by atoms with E-state index in [9.17, 15) is 0 Å². The molecule has 0 saturated heterocycles. The lowest BCUT2D eigenvalue weighted by atomic mass is 9.96. The van der Waals surface area contributed by atoms with Crippen LogP contribution < -0.4 is 4.74 Å². The van der Waals surface area contributed by atoms with Crippen molar-refractivity contribution in [3.8, 4) is 5.75 Å². The van der Waals surface area contributed by atoms with Crippen molar-refractivity contribution in [2.75, 3.05) is 0 Å². The van der Waals surface area contributed by atoms with Crippen LogP contribution in [0.15, 0.2) is 76.4 Å². The SMILES string of the molecule is CC(C)c1ccc([C@@H]2Oc3ccccc3[C@@H]3CC(c4ccco4)=NN32)cc1. The second-order valence-corrected chi connectivity index (χ2v) is 7.45. The Morgan fingerprint density at radius 3 is 2.56 bits per heavy atom. The van der Waals surface area contributed by atoms with E-state index in [0.717, 1.165) is 29.2 Å². The van der Waals surface area contributed by atoms with Crippen molar-refractivity contribution >= 4 is 5.71 Å². The molecule has 3 aromatic rings. The number of benzene rings is 2. The number of hydrazone groups is 1. The van der Waals surface area contributed by atoms with Crippen molar-refractivity contribution in [1.82, 2.24) is 5.01 Å². The van der Waals surface area contributed by atoms with Gasteiger partial charge in [0.05, 0.1) is 12.3 Å². The monoisotopic (exact) mass is 358 g/mol. The van der Waals surface area contributed by atoms with Crippen LogP contribution in [0.4, 0.5) is 0 Å². The highest BCUT2D eigenvalue weighted by Crippen LogP contribution is 2.47. The molecule has 4 heteroatoms. The molecule has 0 fully saturated rings. The van der Waals surface area contributed by atoms with Crippen molar-refractivity contribution in [1.29, 1.82) is 0 Å². The Hall–Kier alpha value is -3.01. The van der Waals surface area contributed by atoms with E-state index in [2.05, 4.69) is 55.3 Å². The Morgan fingerprint density at radius 2 is 1.81 bits per heavy atom. The van der Waals surface area contributed by atoms with Crippen LogP contribution in [-0.2, 0) is 0 Å². The molecule has 1 aromatic heterocycles. The topological polar surface area (TPSA) is 38.0 Å². The van der Waals surface area contributed by atoms with Gasteiger partial charge in [-0.1, -0.05) is 56.3 Å². The third kappa shape index (κ3) is 2.72. The predicted molar refractivity (Wildman–Crippen MR) is 105 cm³/mol. The van der Waals surface area contributed by atoms with Gasteiger partial charge in [0.1, 0.15) is 17.2 Å². The molecule has 3 heterocycles. The molecule has 2 atom stereocenters. The number of hydrogen-bond acceptors (Lipinski definition) is 4. The molecule has 2 aliphatic rings. The Labute approximate surface area is 159 Å². The second kappa shape index (κ2) is 6.31. The zero-order valence-electron chi connectivity index (χ0n) is 15.5. The lowest BCUT2D eigenvalue weighted by Gasteiger charge is -2.38.